The van der Waals surface area contributed by atoms with Gasteiger partial charge in [-0.25, -0.2) is 0 Å². The highest BCUT2D eigenvalue weighted by molar-refractivity contribution is 5.79. The van der Waals surface area contributed by atoms with E-state index in [0.29, 0.717) is 18.9 Å². The van der Waals surface area contributed by atoms with Crippen LogP contribution in [-0.4, -0.2) is 46.4 Å². The zero-order valence-electron chi connectivity index (χ0n) is 15.3. The number of aliphatic imine (C=N–C) groups is 1. The summed E-state index contributed by atoms with van der Waals surface area (Å²) in [5.41, 5.74) is 0.814. The highest BCUT2D eigenvalue weighted by Gasteiger charge is 2.42. The molecule has 1 fully saturated rings. The largest absolute Gasteiger partial charge is 0.391 e. The summed E-state index contributed by atoms with van der Waals surface area (Å²) >= 11 is 0. The van der Waals surface area contributed by atoms with Gasteiger partial charge in [0.2, 0.25) is 0 Å². The number of guanidine groups is 1. The van der Waals surface area contributed by atoms with Crippen molar-refractivity contribution in [2.45, 2.75) is 50.7 Å². The van der Waals surface area contributed by atoms with E-state index in [9.17, 15) is 13.2 Å². The number of pyridine rings is 1. The van der Waals surface area contributed by atoms with Crippen molar-refractivity contribution in [3.8, 4) is 0 Å². The molecule has 1 saturated carbocycles. The Balaban J connectivity index is 1.44. The first-order chi connectivity index (χ1) is 13.0. The normalized spacial score (nSPS) is 21.4. The minimum atomic E-state index is -4.11. The Kier molecular flexibility index (Phi) is 6.18. The molecule has 0 radical (unpaired) electrons. The van der Waals surface area contributed by atoms with E-state index in [1.165, 1.54) is 0 Å². The number of nitrogens with one attached hydrogen (secondary N) is 2. The second kappa shape index (κ2) is 8.58. The summed E-state index contributed by atoms with van der Waals surface area (Å²) in [6.45, 7) is 0.650. The molecule has 0 bridgehead atoms. The molecule has 2 atom stereocenters. The van der Waals surface area contributed by atoms with Gasteiger partial charge in [-0.1, -0.05) is 12.5 Å². The van der Waals surface area contributed by atoms with Gasteiger partial charge in [0.15, 0.2) is 11.6 Å². The van der Waals surface area contributed by atoms with Gasteiger partial charge in [-0.2, -0.15) is 13.2 Å². The van der Waals surface area contributed by atoms with Crippen LogP contribution in [0.3, 0.4) is 0 Å². The molecule has 0 aliphatic heterocycles. The standard InChI is InChI=1S/C18H25F3N6/c1-22-17(24-14-7-4-6-13(12-14)18(19,20)21)23-10-5-9-16-26-25-15-8-2-3-11-27(15)16/h2-3,8,11,13-14H,4-7,9-10,12H2,1H3,(H2,22,23,24). The van der Waals surface area contributed by atoms with Gasteiger partial charge in [0.05, 0.1) is 5.92 Å². The first kappa shape index (κ1) is 19.4. The number of nitrogens with zero attached hydrogens (tertiary/aromatic N) is 4. The van der Waals surface area contributed by atoms with Crippen LogP contribution in [0.1, 0.15) is 37.9 Å². The van der Waals surface area contributed by atoms with Gasteiger partial charge in [-0.15, -0.1) is 10.2 Å². The molecule has 148 valence electrons. The van der Waals surface area contributed by atoms with Crippen LogP contribution in [0.4, 0.5) is 13.2 Å². The van der Waals surface area contributed by atoms with Crippen molar-refractivity contribution in [3.63, 3.8) is 0 Å². The Bertz CT molecular complexity index is 770. The molecule has 27 heavy (non-hydrogen) atoms. The Labute approximate surface area is 156 Å². The van der Waals surface area contributed by atoms with E-state index < -0.39 is 12.1 Å². The predicted octanol–water partition coefficient (Wildman–Crippen LogP) is 2.95. The minimum Gasteiger partial charge on any atom is -0.356 e. The first-order valence-electron chi connectivity index (χ1n) is 9.30. The van der Waals surface area contributed by atoms with Crippen molar-refractivity contribution in [2.24, 2.45) is 10.9 Å². The lowest BCUT2D eigenvalue weighted by atomic mass is 9.85. The van der Waals surface area contributed by atoms with Crippen LogP contribution in [0.2, 0.25) is 0 Å². The molecule has 2 aromatic heterocycles. The van der Waals surface area contributed by atoms with Crippen molar-refractivity contribution in [1.82, 2.24) is 25.2 Å². The van der Waals surface area contributed by atoms with Gasteiger partial charge < -0.3 is 10.6 Å². The lowest BCUT2D eigenvalue weighted by molar-refractivity contribution is -0.183. The molecule has 0 spiro atoms. The number of aromatic nitrogens is 3. The molecule has 3 rings (SSSR count). The maximum atomic E-state index is 12.9. The summed E-state index contributed by atoms with van der Waals surface area (Å²) in [6.07, 6.45) is 1.02. The lowest BCUT2D eigenvalue weighted by Crippen LogP contribution is -2.47. The molecule has 0 aromatic carbocycles. The summed E-state index contributed by atoms with van der Waals surface area (Å²) in [4.78, 5) is 4.13. The quantitative estimate of drug-likeness (QED) is 0.474. The molecule has 2 unspecified atom stereocenters. The SMILES string of the molecule is CN=C(NCCCc1nnc2ccccn12)NC1CCCC(C(F)(F)F)C1. The third kappa shape index (κ3) is 5.11. The lowest BCUT2D eigenvalue weighted by Gasteiger charge is -2.31. The van der Waals surface area contributed by atoms with Crippen molar-refractivity contribution >= 4 is 11.6 Å². The van der Waals surface area contributed by atoms with E-state index >= 15 is 0 Å². The summed E-state index contributed by atoms with van der Waals surface area (Å²) in [6, 6.07) is 5.55. The molecular formula is C18H25F3N6. The number of alkyl halides is 3. The average Bonchev–Trinajstić information content (AvgIpc) is 3.07. The fraction of sp³-hybridized carbons (Fsp3) is 0.611. The maximum absolute atomic E-state index is 12.9. The fourth-order valence-electron chi connectivity index (χ4n) is 3.52. The van der Waals surface area contributed by atoms with E-state index in [4.69, 9.17) is 0 Å². The zero-order valence-corrected chi connectivity index (χ0v) is 15.3. The molecule has 9 heteroatoms. The minimum absolute atomic E-state index is 0.107. The van der Waals surface area contributed by atoms with Crippen LogP contribution in [0.15, 0.2) is 29.4 Å². The number of hydrogen-bond donors (Lipinski definition) is 2. The second-order valence-corrected chi connectivity index (χ2v) is 6.89. The first-order valence-corrected chi connectivity index (χ1v) is 9.30. The summed E-state index contributed by atoms with van der Waals surface area (Å²) in [5, 5.41) is 14.6. The molecule has 2 aromatic rings. The van der Waals surface area contributed by atoms with E-state index in [2.05, 4.69) is 25.8 Å². The monoisotopic (exact) mass is 382 g/mol. The Morgan fingerprint density at radius 3 is 2.93 bits per heavy atom. The maximum Gasteiger partial charge on any atom is 0.391 e. The fourth-order valence-corrected chi connectivity index (χ4v) is 3.52. The molecule has 1 aliphatic carbocycles. The van der Waals surface area contributed by atoms with Crippen molar-refractivity contribution in [2.75, 3.05) is 13.6 Å². The smallest absolute Gasteiger partial charge is 0.356 e. The molecule has 2 heterocycles. The van der Waals surface area contributed by atoms with Crippen LogP contribution in [0.25, 0.3) is 5.65 Å². The van der Waals surface area contributed by atoms with E-state index in [1.807, 2.05) is 28.8 Å². The zero-order chi connectivity index (χ0) is 19.3. The Morgan fingerprint density at radius 2 is 2.15 bits per heavy atom. The number of halogens is 3. The van der Waals surface area contributed by atoms with Crippen LogP contribution in [0.5, 0.6) is 0 Å². The number of fused-ring (bicyclic) bond motifs is 1. The molecular weight excluding hydrogens is 357 g/mol. The molecule has 1 aliphatic rings. The molecule has 0 amide bonds. The third-order valence-corrected chi connectivity index (χ3v) is 4.96. The van der Waals surface area contributed by atoms with Gasteiger partial charge in [0.25, 0.3) is 0 Å². The van der Waals surface area contributed by atoms with Gasteiger partial charge in [-0.3, -0.25) is 9.39 Å². The summed E-state index contributed by atoms with van der Waals surface area (Å²) in [5.74, 6) is 0.215. The van der Waals surface area contributed by atoms with Crippen molar-refractivity contribution in [3.05, 3.63) is 30.2 Å². The van der Waals surface area contributed by atoms with Gasteiger partial charge in [-0.05, 0) is 37.8 Å². The van der Waals surface area contributed by atoms with Crippen molar-refractivity contribution in [1.29, 1.82) is 0 Å². The van der Waals surface area contributed by atoms with Gasteiger partial charge in [0.1, 0.15) is 5.82 Å². The van der Waals surface area contributed by atoms with Crippen LogP contribution < -0.4 is 10.6 Å². The van der Waals surface area contributed by atoms with E-state index in [0.717, 1.165) is 30.7 Å². The number of aryl methyl sites for hydroxylation is 1. The molecule has 0 saturated heterocycles. The topological polar surface area (TPSA) is 66.6 Å². The predicted molar refractivity (Wildman–Crippen MR) is 97.6 cm³/mol. The summed E-state index contributed by atoms with van der Waals surface area (Å²) in [7, 11) is 1.63. The number of hydrogen-bond acceptors (Lipinski definition) is 3. The van der Waals surface area contributed by atoms with Gasteiger partial charge >= 0.3 is 6.18 Å². The van der Waals surface area contributed by atoms with E-state index in [-0.39, 0.29) is 18.9 Å². The van der Waals surface area contributed by atoms with Crippen LogP contribution in [0, 0.1) is 5.92 Å². The average molecular weight is 382 g/mol. The second-order valence-electron chi connectivity index (χ2n) is 6.89. The van der Waals surface area contributed by atoms with Crippen LogP contribution >= 0.6 is 0 Å². The Hall–Kier alpha value is -2.32. The Morgan fingerprint density at radius 1 is 1.30 bits per heavy atom. The van der Waals surface area contributed by atoms with E-state index in [1.54, 1.807) is 7.05 Å². The summed E-state index contributed by atoms with van der Waals surface area (Å²) < 4.78 is 40.8. The highest BCUT2D eigenvalue weighted by Crippen LogP contribution is 2.37. The molecule has 6 nitrogen and oxygen atoms in total. The van der Waals surface area contributed by atoms with Gasteiger partial charge in [0, 0.05) is 32.3 Å². The third-order valence-electron chi connectivity index (χ3n) is 4.96. The number of rotatable bonds is 5. The molecule has 2 N–H and O–H groups in total. The van der Waals surface area contributed by atoms with Crippen LogP contribution in [-0.2, 0) is 6.42 Å². The highest BCUT2D eigenvalue weighted by atomic mass is 19.4. The van der Waals surface area contributed by atoms with Crippen molar-refractivity contribution < 1.29 is 13.2 Å².